The molecule has 10 nitrogen and oxygen atoms in total. The summed E-state index contributed by atoms with van der Waals surface area (Å²) in [5.41, 5.74) is 9.78. The molecule has 2 aliphatic rings. The van der Waals surface area contributed by atoms with E-state index in [1.54, 1.807) is 7.11 Å². The molecule has 0 aromatic carbocycles. The number of pyridine rings is 2. The van der Waals surface area contributed by atoms with E-state index in [0.29, 0.717) is 36.7 Å². The van der Waals surface area contributed by atoms with Gasteiger partial charge in [0, 0.05) is 48.9 Å². The van der Waals surface area contributed by atoms with Gasteiger partial charge in [0.25, 0.3) is 5.91 Å². The number of aromatic nitrogens is 2. The molecule has 0 bridgehead atoms. The van der Waals surface area contributed by atoms with E-state index in [1.165, 1.54) is 11.3 Å². The number of methoxy groups -OCH3 is 1. The SMILES string of the molecule is COCC1CN(c2ccc3c(n2)CC[C@H](NC(=O)c2sc4nc(C)ccc4c2N)C3)CC1NC(=O)O. The van der Waals surface area contributed by atoms with Crippen molar-refractivity contribution in [1.82, 2.24) is 20.6 Å². The molecule has 5 N–H and O–H groups in total. The van der Waals surface area contributed by atoms with Crippen molar-refractivity contribution >= 4 is 45.1 Å². The van der Waals surface area contributed by atoms with Gasteiger partial charge in [-0.1, -0.05) is 6.07 Å². The molecule has 0 radical (unpaired) electrons. The van der Waals surface area contributed by atoms with Gasteiger partial charge in [0.05, 0.1) is 18.3 Å². The highest BCUT2D eigenvalue weighted by Crippen LogP contribution is 2.33. The second kappa shape index (κ2) is 9.90. The smallest absolute Gasteiger partial charge is 0.404 e. The number of nitrogens with zero attached hydrogens (tertiary/aromatic N) is 3. The monoisotopic (exact) mass is 510 g/mol. The molecule has 0 saturated carbocycles. The average Bonchev–Trinajstić information content (AvgIpc) is 3.38. The maximum atomic E-state index is 13.0. The Balaban J connectivity index is 1.26. The van der Waals surface area contributed by atoms with Gasteiger partial charge in [0.2, 0.25) is 0 Å². The lowest BCUT2D eigenvalue weighted by Gasteiger charge is -2.26. The maximum Gasteiger partial charge on any atom is 0.404 e. The minimum atomic E-state index is -1.03. The quantitative estimate of drug-likeness (QED) is 0.396. The minimum absolute atomic E-state index is 0.000949. The number of anilines is 2. The molecule has 2 amide bonds. The van der Waals surface area contributed by atoms with Crippen molar-refractivity contribution in [2.24, 2.45) is 5.92 Å². The third kappa shape index (κ3) is 4.80. The van der Waals surface area contributed by atoms with E-state index in [-0.39, 0.29) is 23.9 Å². The Morgan fingerprint density at radius 2 is 2.06 bits per heavy atom. The van der Waals surface area contributed by atoms with Crippen LogP contribution in [0.2, 0.25) is 0 Å². The summed E-state index contributed by atoms with van der Waals surface area (Å²) in [6, 6.07) is 7.65. The molecular formula is C25H30N6O4S. The first-order valence-electron chi connectivity index (χ1n) is 12.0. The second-order valence-corrected chi connectivity index (χ2v) is 10.5. The Bertz CT molecular complexity index is 1310. The largest absolute Gasteiger partial charge is 0.465 e. The van der Waals surface area contributed by atoms with Crippen LogP contribution in [0.1, 0.15) is 33.0 Å². The Morgan fingerprint density at radius 1 is 1.22 bits per heavy atom. The predicted molar refractivity (Wildman–Crippen MR) is 139 cm³/mol. The number of hydrogen-bond donors (Lipinski definition) is 4. The van der Waals surface area contributed by atoms with Gasteiger partial charge in [-0.3, -0.25) is 4.79 Å². The van der Waals surface area contributed by atoms with E-state index in [0.717, 1.165) is 45.8 Å². The number of thiophene rings is 1. The van der Waals surface area contributed by atoms with Crippen molar-refractivity contribution in [3.8, 4) is 0 Å². The summed E-state index contributed by atoms with van der Waals surface area (Å²) in [6.45, 7) is 3.62. The van der Waals surface area contributed by atoms with Gasteiger partial charge in [-0.15, -0.1) is 11.3 Å². The number of ether oxygens (including phenoxy) is 1. The van der Waals surface area contributed by atoms with Crippen LogP contribution in [-0.2, 0) is 17.6 Å². The number of aryl methyl sites for hydroxylation is 2. The second-order valence-electron chi connectivity index (χ2n) is 9.52. The molecule has 1 saturated heterocycles. The van der Waals surface area contributed by atoms with Crippen LogP contribution in [-0.4, -0.2) is 66.0 Å². The van der Waals surface area contributed by atoms with Crippen LogP contribution in [0.4, 0.5) is 16.3 Å². The highest BCUT2D eigenvalue weighted by Gasteiger charge is 2.35. The molecule has 3 aromatic heterocycles. The van der Waals surface area contributed by atoms with E-state index in [4.69, 9.17) is 15.5 Å². The minimum Gasteiger partial charge on any atom is -0.465 e. The molecule has 2 unspecified atom stereocenters. The Kier molecular flexibility index (Phi) is 6.67. The van der Waals surface area contributed by atoms with Crippen molar-refractivity contribution in [2.75, 3.05) is 37.4 Å². The van der Waals surface area contributed by atoms with E-state index in [1.807, 2.05) is 25.1 Å². The first-order valence-corrected chi connectivity index (χ1v) is 12.8. The van der Waals surface area contributed by atoms with Crippen molar-refractivity contribution in [3.63, 3.8) is 0 Å². The van der Waals surface area contributed by atoms with Gasteiger partial charge in [-0.05, 0) is 49.9 Å². The van der Waals surface area contributed by atoms with Gasteiger partial charge in [0.15, 0.2) is 0 Å². The number of nitrogens with one attached hydrogen (secondary N) is 2. The van der Waals surface area contributed by atoms with Crippen molar-refractivity contribution in [2.45, 2.75) is 38.3 Å². The fourth-order valence-electron chi connectivity index (χ4n) is 5.17. The normalized spacial score (nSPS) is 21.4. The summed E-state index contributed by atoms with van der Waals surface area (Å²) < 4.78 is 5.29. The predicted octanol–water partition coefficient (Wildman–Crippen LogP) is 2.59. The number of fused-ring (bicyclic) bond motifs is 2. The average molecular weight is 511 g/mol. The highest BCUT2D eigenvalue weighted by molar-refractivity contribution is 7.21. The third-order valence-corrected chi connectivity index (χ3v) is 8.09. The number of amides is 2. The summed E-state index contributed by atoms with van der Waals surface area (Å²) >= 11 is 1.33. The number of rotatable bonds is 6. The molecule has 0 spiro atoms. The summed E-state index contributed by atoms with van der Waals surface area (Å²) in [5.74, 6) is 0.737. The van der Waals surface area contributed by atoms with Crippen LogP contribution in [0.15, 0.2) is 24.3 Å². The van der Waals surface area contributed by atoms with E-state index in [2.05, 4.69) is 26.6 Å². The van der Waals surface area contributed by atoms with Gasteiger partial charge < -0.3 is 31.1 Å². The lowest BCUT2D eigenvalue weighted by Crippen LogP contribution is -2.41. The van der Waals surface area contributed by atoms with E-state index < -0.39 is 6.09 Å². The molecule has 3 aromatic rings. The molecule has 1 aliphatic carbocycles. The maximum absolute atomic E-state index is 13.0. The first kappa shape index (κ1) is 24.3. The lowest BCUT2D eigenvalue weighted by atomic mass is 9.91. The highest BCUT2D eigenvalue weighted by atomic mass is 32.1. The van der Waals surface area contributed by atoms with Crippen molar-refractivity contribution in [3.05, 3.63) is 46.1 Å². The number of carboxylic acid groups (broad SMARTS) is 1. The van der Waals surface area contributed by atoms with Crippen LogP contribution in [0.5, 0.6) is 0 Å². The number of carbonyl (C=O) groups excluding carboxylic acids is 1. The lowest BCUT2D eigenvalue weighted by molar-refractivity contribution is 0.0938. The summed E-state index contributed by atoms with van der Waals surface area (Å²) in [7, 11) is 1.62. The zero-order valence-electron chi connectivity index (χ0n) is 20.3. The van der Waals surface area contributed by atoms with Gasteiger partial charge in [0.1, 0.15) is 15.5 Å². The van der Waals surface area contributed by atoms with Gasteiger partial charge in [-0.25, -0.2) is 14.8 Å². The topological polar surface area (TPSA) is 143 Å². The van der Waals surface area contributed by atoms with Crippen LogP contribution >= 0.6 is 11.3 Å². The molecule has 1 fully saturated rings. The molecule has 3 atom stereocenters. The molecular weight excluding hydrogens is 480 g/mol. The fraction of sp³-hybridized carbons (Fsp3) is 0.440. The van der Waals surface area contributed by atoms with Crippen LogP contribution in [0, 0.1) is 12.8 Å². The third-order valence-electron chi connectivity index (χ3n) is 6.98. The number of nitrogens with two attached hydrogens (primary N) is 1. The summed E-state index contributed by atoms with van der Waals surface area (Å²) in [5, 5.41) is 15.7. The van der Waals surface area contributed by atoms with Crippen molar-refractivity contribution in [1.29, 1.82) is 0 Å². The molecule has 1 aliphatic heterocycles. The zero-order valence-corrected chi connectivity index (χ0v) is 21.1. The molecule has 5 rings (SSSR count). The van der Waals surface area contributed by atoms with E-state index in [9.17, 15) is 14.7 Å². The number of nitrogen functional groups attached to an aromatic ring is 1. The molecule has 190 valence electrons. The van der Waals surface area contributed by atoms with Crippen LogP contribution < -0.4 is 21.3 Å². The summed E-state index contributed by atoms with van der Waals surface area (Å²) in [6.07, 6.45) is 1.21. The first-order chi connectivity index (χ1) is 17.3. The van der Waals surface area contributed by atoms with Crippen LogP contribution in [0.25, 0.3) is 10.2 Å². The number of hydrogen-bond acceptors (Lipinski definition) is 8. The van der Waals surface area contributed by atoms with Gasteiger partial charge >= 0.3 is 6.09 Å². The zero-order chi connectivity index (χ0) is 25.4. The fourth-order valence-corrected chi connectivity index (χ4v) is 6.21. The molecule has 11 heteroatoms. The number of carbonyl (C=O) groups is 2. The Morgan fingerprint density at radius 3 is 2.83 bits per heavy atom. The van der Waals surface area contributed by atoms with Gasteiger partial charge in [-0.2, -0.15) is 0 Å². The van der Waals surface area contributed by atoms with Crippen molar-refractivity contribution < 1.29 is 19.4 Å². The summed E-state index contributed by atoms with van der Waals surface area (Å²) in [4.78, 5) is 37.0. The molecule has 4 heterocycles. The Labute approximate surface area is 212 Å². The van der Waals surface area contributed by atoms with E-state index >= 15 is 0 Å². The Hall–Kier alpha value is -3.44. The standard InChI is InChI=1S/C25H30N6O4S/c1-13-3-6-17-21(26)22(36-24(17)27-13)23(32)28-16-5-7-18-14(9-16)4-8-20(29-18)31-10-15(12-35-2)19(11-31)30-25(33)34/h3-4,6,8,15-16,19,30H,5,7,9-12,26H2,1-2H3,(H,28,32)(H,33,34)/t15?,16-,19?/m0/s1. The molecule has 36 heavy (non-hydrogen) atoms. The van der Waals surface area contributed by atoms with Crippen LogP contribution in [0.3, 0.4) is 0 Å².